The molecule has 3 aromatic carbocycles. The van der Waals surface area contributed by atoms with Crippen LogP contribution in [0.1, 0.15) is 33.2 Å². The number of amides is 1. The summed E-state index contributed by atoms with van der Waals surface area (Å²) in [7, 11) is 0. The molecule has 4 rings (SSSR count). The number of benzene rings is 3. The summed E-state index contributed by atoms with van der Waals surface area (Å²) < 4.78 is 1.85. The minimum atomic E-state index is -0.581. The summed E-state index contributed by atoms with van der Waals surface area (Å²) in [5.41, 5.74) is 1.43. The van der Waals surface area contributed by atoms with Crippen molar-refractivity contribution in [3.05, 3.63) is 111 Å². The Morgan fingerprint density at radius 1 is 0.935 bits per heavy atom. The average Bonchev–Trinajstić information content (AvgIpc) is 2.80. The van der Waals surface area contributed by atoms with Crippen molar-refractivity contribution in [2.24, 2.45) is 0 Å². The van der Waals surface area contributed by atoms with Gasteiger partial charge in [-0.15, -0.1) is 0 Å². The third kappa shape index (κ3) is 4.00. The first-order chi connectivity index (χ1) is 15.0. The van der Waals surface area contributed by atoms with E-state index in [1.54, 1.807) is 54.7 Å². The molecule has 0 fully saturated rings. The van der Waals surface area contributed by atoms with Gasteiger partial charge >= 0.3 is 0 Å². The average molecular weight is 431 g/mol. The molecular weight excluding hydrogens is 412 g/mol. The van der Waals surface area contributed by atoms with E-state index in [-0.39, 0.29) is 22.3 Å². The van der Waals surface area contributed by atoms with Crippen molar-refractivity contribution in [1.82, 2.24) is 4.57 Å². The van der Waals surface area contributed by atoms with E-state index in [9.17, 15) is 14.4 Å². The molecule has 5 nitrogen and oxygen atoms in total. The maximum absolute atomic E-state index is 13.1. The zero-order valence-electron chi connectivity index (χ0n) is 16.8. The van der Waals surface area contributed by atoms with Crippen LogP contribution in [0.3, 0.4) is 0 Å². The molecule has 0 saturated heterocycles. The van der Waals surface area contributed by atoms with Crippen molar-refractivity contribution in [1.29, 1.82) is 0 Å². The van der Waals surface area contributed by atoms with Crippen molar-refractivity contribution in [3.8, 4) is 0 Å². The van der Waals surface area contributed by atoms with E-state index in [2.05, 4.69) is 5.32 Å². The van der Waals surface area contributed by atoms with Gasteiger partial charge in [0, 0.05) is 34.3 Å². The molecule has 6 heteroatoms. The molecule has 0 bridgehead atoms. The number of aryl methyl sites for hydroxylation is 1. The van der Waals surface area contributed by atoms with E-state index in [4.69, 9.17) is 11.6 Å². The summed E-state index contributed by atoms with van der Waals surface area (Å²) in [6, 6.07) is 20.6. The molecule has 1 aromatic heterocycles. The second-order valence-electron chi connectivity index (χ2n) is 7.01. The van der Waals surface area contributed by atoms with Crippen LogP contribution in [0.5, 0.6) is 0 Å². The number of halogens is 1. The van der Waals surface area contributed by atoms with Gasteiger partial charge in [0.2, 0.25) is 5.43 Å². The molecule has 1 N–H and O–H groups in total. The first-order valence-corrected chi connectivity index (χ1v) is 10.2. The van der Waals surface area contributed by atoms with Crippen LogP contribution in [0.4, 0.5) is 5.69 Å². The number of carbonyl (C=O) groups is 2. The Morgan fingerprint density at radius 2 is 1.65 bits per heavy atom. The molecule has 1 amide bonds. The third-order valence-corrected chi connectivity index (χ3v) is 5.32. The van der Waals surface area contributed by atoms with Gasteiger partial charge in [0.1, 0.15) is 5.56 Å². The Hall–Kier alpha value is -3.70. The number of fused-ring (bicyclic) bond motifs is 1. The maximum Gasteiger partial charge on any atom is 0.261 e. The fourth-order valence-corrected chi connectivity index (χ4v) is 3.69. The Kier molecular flexibility index (Phi) is 5.69. The fourth-order valence-electron chi connectivity index (χ4n) is 3.52. The summed E-state index contributed by atoms with van der Waals surface area (Å²) >= 11 is 6.11. The lowest BCUT2D eigenvalue weighted by molar-refractivity contribution is 0.102. The monoisotopic (exact) mass is 430 g/mol. The Labute approximate surface area is 183 Å². The van der Waals surface area contributed by atoms with E-state index >= 15 is 0 Å². The highest BCUT2D eigenvalue weighted by Crippen LogP contribution is 2.24. The van der Waals surface area contributed by atoms with Gasteiger partial charge in [0.25, 0.3) is 5.91 Å². The van der Waals surface area contributed by atoms with Crippen LogP contribution in [-0.2, 0) is 6.54 Å². The predicted octanol–water partition coefficient (Wildman–Crippen LogP) is 5.16. The van der Waals surface area contributed by atoms with Gasteiger partial charge in [-0.2, -0.15) is 0 Å². The minimum absolute atomic E-state index is 0.00797. The number of aromatic nitrogens is 1. The lowest BCUT2D eigenvalue weighted by Crippen LogP contribution is -2.24. The smallest absolute Gasteiger partial charge is 0.261 e. The first kappa shape index (κ1) is 20.6. The van der Waals surface area contributed by atoms with Crippen LogP contribution >= 0.6 is 11.6 Å². The number of para-hydroxylation sites is 1. The quantitative estimate of drug-likeness (QED) is 0.445. The minimum Gasteiger partial charge on any atom is -0.347 e. The van der Waals surface area contributed by atoms with Gasteiger partial charge in [-0.1, -0.05) is 54.1 Å². The van der Waals surface area contributed by atoms with E-state index in [0.717, 1.165) is 5.52 Å². The lowest BCUT2D eigenvalue weighted by Gasteiger charge is -2.14. The lowest BCUT2D eigenvalue weighted by atomic mass is 10.0. The highest BCUT2D eigenvalue weighted by molar-refractivity contribution is 6.31. The number of anilines is 1. The van der Waals surface area contributed by atoms with Crippen molar-refractivity contribution in [2.45, 2.75) is 13.5 Å². The van der Waals surface area contributed by atoms with E-state index in [0.29, 0.717) is 28.2 Å². The normalized spacial score (nSPS) is 10.8. The topological polar surface area (TPSA) is 68.2 Å². The van der Waals surface area contributed by atoms with Gasteiger partial charge < -0.3 is 9.88 Å². The molecule has 0 radical (unpaired) electrons. The number of hydrogen-bond acceptors (Lipinski definition) is 3. The highest BCUT2D eigenvalue weighted by atomic mass is 35.5. The van der Waals surface area contributed by atoms with Crippen molar-refractivity contribution >= 4 is 39.9 Å². The molecule has 0 atom stereocenters. The van der Waals surface area contributed by atoms with Crippen LogP contribution < -0.4 is 10.7 Å². The Bertz CT molecular complexity index is 1360. The van der Waals surface area contributed by atoms with Gasteiger partial charge in [-0.05, 0) is 37.3 Å². The van der Waals surface area contributed by atoms with E-state index < -0.39 is 5.91 Å². The highest BCUT2D eigenvalue weighted by Gasteiger charge is 2.19. The second-order valence-corrected chi connectivity index (χ2v) is 7.45. The molecule has 31 heavy (non-hydrogen) atoms. The summed E-state index contributed by atoms with van der Waals surface area (Å²) in [6.45, 7) is 2.54. The van der Waals surface area contributed by atoms with Crippen LogP contribution in [0.25, 0.3) is 10.9 Å². The van der Waals surface area contributed by atoms with Crippen LogP contribution in [0, 0.1) is 0 Å². The summed E-state index contributed by atoms with van der Waals surface area (Å²) in [5, 5.41) is 3.57. The number of ketones is 1. The molecule has 1 heterocycles. The molecule has 4 aromatic rings. The van der Waals surface area contributed by atoms with Crippen molar-refractivity contribution in [3.63, 3.8) is 0 Å². The van der Waals surface area contributed by atoms with Crippen LogP contribution in [0.15, 0.2) is 83.8 Å². The Morgan fingerprint density at radius 3 is 2.39 bits per heavy atom. The maximum atomic E-state index is 13.1. The molecule has 0 unspecified atom stereocenters. The van der Waals surface area contributed by atoms with Crippen molar-refractivity contribution in [2.75, 3.05) is 5.32 Å². The number of hydrogen-bond donors (Lipinski definition) is 1. The molecular formula is C25H19ClN2O3. The SMILES string of the molecule is CCn1cc(C(=O)Nc2ccc(Cl)cc2C(=O)c2ccccc2)c(=O)c2ccccc21. The van der Waals surface area contributed by atoms with Crippen LogP contribution in [-0.4, -0.2) is 16.3 Å². The number of nitrogens with zero attached hydrogens (tertiary/aromatic N) is 1. The van der Waals surface area contributed by atoms with Gasteiger partial charge in [0.15, 0.2) is 5.78 Å². The molecule has 0 saturated carbocycles. The van der Waals surface area contributed by atoms with Gasteiger partial charge in [-0.3, -0.25) is 14.4 Å². The summed E-state index contributed by atoms with van der Waals surface area (Å²) in [5.74, 6) is -0.856. The van der Waals surface area contributed by atoms with Gasteiger partial charge in [-0.25, -0.2) is 0 Å². The third-order valence-electron chi connectivity index (χ3n) is 5.08. The molecule has 0 spiro atoms. The number of nitrogens with one attached hydrogen (secondary N) is 1. The first-order valence-electron chi connectivity index (χ1n) is 9.82. The number of pyridine rings is 1. The van der Waals surface area contributed by atoms with Crippen molar-refractivity contribution < 1.29 is 9.59 Å². The summed E-state index contributed by atoms with van der Waals surface area (Å²) in [6.07, 6.45) is 1.55. The second kappa shape index (κ2) is 8.58. The molecule has 0 aliphatic heterocycles. The fraction of sp³-hybridized carbons (Fsp3) is 0.0800. The van der Waals surface area contributed by atoms with E-state index in [1.165, 1.54) is 6.07 Å². The predicted molar refractivity (Wildman–Crippen MR) is 123 cm³/mol. The van der Waals surface area contributed by atoms with E-state index in [1.807, 2.05) is 29.7 Å². The molecule has 0 aliphatic rings. The van der Waals surface area contributed by atoms with Gasteiger partial charge in [0.05, 0.1) is 11.2 Å². The largest absolute Gasteiger partial charge is 0.347 e. The zero-order chi connectivity index (χ0) is 22.0. The molecule has 154 valence electrons. The van der Waals surface area contributed by atoms with Crippen LogP contribution in [0.2, 0.25) is 5.02 Å². The number of carbonyl (C=O) groups excluding carboxylic acids is 2. The standard InChI is InChI=1S/C25H19ClN2O3/c1-2-28-15-20(24(30)18-10-6-7-11-22(18)28)25(31)27-21-13-12-17(26)14-19(21)23(29)16-8-4-3-5-9-16/h3-15H,2H2,1H3,(H,27,31). The molecule has 0 aliphatic carbocycles. The Balaban J connectivity index is 1.76. The number of rotatable bonds is 5. The zero-order valence-corrected chi connectivity index (χ0v) is 17.5. The summed E-state index contributed by atoms with van der Waals surface area (Å²) in [4.78, 5) is 39.0.